The average Bonchev–Trinajstić information content (AvgIpc) is 2.65. The van der Waals surface area contributed by atoms with Gasteiger partial charge in [0.05, 0.1) is 5.71 Å². The maximum absolute atomic E-state index is 11.9. The zero-order valence-electron chi connectivity index (χ0n) is 13.7. The number of ether oxygens (including phenoxy) is 1. The van der Waals surface area contributed by atoms with E-state index in [4.69, 9.17) is 16.3 Å². The Morgan fingerprint density at radius 1 is 1.04 bits per heavy atom. The van der Waals surface area contributed by atoms with E-state index in [-0.39, 0.29) is 12.5 Å². The maximum atomic E-state index is 11.9. The van der Waals surface area contributed by atoms with Crippen molar-refractivity contribution in [3.8, 4) is 5.75 Å². The fourth-order valence-corrected chi connectivity index (χ4v) is 2.47. The third-order valence-electron chi connectivity index (χ3n) is 3.70. The normalized spacial score (nSPS) is 11.4. The van der Waals surface area contributed by atoms with Crippen molar-refractivity contribution in [1.29, 1.82) is 0 Å². The third kappa shape index (κ3) is 4.58. The number of rotatable bonds is 5. The van der Waals surface area contributed by atoms with E-state index >= 15 is 0 Å². The molecular weight excluding hydrogens is 336 g/mol. The van der Waals surface area contributed by atoms with Crippen molar-refractivity contribution in [1.82, 2.24) is 5.43 Å². The topological polar surface area (TPSA) is 50.7 Å². The van der Waals surface area contributed by atoms with Gasteiger partial charge in [0.1, 0.15) is 5.75 Å². The van der Waals surface area contributed by atoms with E-state index in [1.54, 1.807) is 12.1 Å². The summed E-state index contributed by atoms with van der Waals surface area (Å²) in [6, 6.07) is 20.9. The minimum absolute atomic E-state index is 0.101. The van der Waals surface area contributed by atoms with E-state index in [1.165, 1.54) is 0 Å². The summed E-state index contributed by atoms with van der Waals surface area (Å²) in [7, 11) is 0. The smallest absolute Gasteiger partial charge is 0.277 e. The fourth-order valence-electron chi connectivity index (χ4n) is 2.34. The SMILES string of the molecule is C/C(=N/NC(=O)COc1ccc2ccccc2c1)c1ccc(Cl)cc1. The minimum Gasteiger partial charge on any atom is -0.484 e. The molecule has 0 spiro atoms. The van der Waals surface area contributed by atoms with E-state index in [0.717, 1.165) is 16.3 Å². The van der Waals surface area contributed by atoms with Gasteiger partial charge in [0.2, 0.25) is 0 Å². The minimum atomic E-state index is -0.318. The van der Waals surface area contributed by atoms with Crippen LogP contribution in [0.2, 0.25) is 5.02 Å². The number of hydrogen-bond acceptors (Lipinski definition) is 3. The summed E-state index contributed by atoms with van der Waals surface area (Å²) in [4.78, 5) is 11.9. The first-order valence-corrected chi connectivity index (χ1v) is 8.20. The molecule has 1 N–H and O–H groups in total. The Morgan fingerprint density at radius 3 is 2.52 bits per heavy atom. The standard InChI is InChI=1S/C20H17ClN2O2/c1-14(15-6-9-18(21)10-7-15)22-23-20(24)13-25-19-11-8-16-4-2-3-5-17(16)12-19/h2-12H,13H2,1H3,(H,23,24)/b22-14-. The van der Waals surface area contributed by atoms with Crippen molar-refractivity contribution < 1.29 is 9.53 Å². The molecule has 0 aromatic heterocycles. The van der Waals surface area contributed by atoms with Crippen LogP contribution in [0.4, 0.5) is 0 Å². The van der Waals surface area contributed by atoms with Crippen LogP contribution in [-0.4, -0.2) is 18.2 Å². The maximum Gasteiger partial charge on any atom is 0.277 e. The Morgan fingerprint density at radius 2 is 1.76 bits per heavy atom. The van der Waals surface area contributed by atoms with Gasteiger partial charge in [0, 0.05) is 5.02 Å². The molecule has 0 unspecified atom stereocenters. The second-order valence-electron chi connectivity index (χ2n) is 5.54. The Kier molecular flexibility index (Phi) is 5.31. The van der Waals surface area contributed by atoms with E-state index in [9.17, 15) is 4.79 Å². The number of carbonyl (C=O) groups excluding carboxylic acids is 1. The largest absolute Gasteiger partial charge is 0.484 e. The summed E-state index contributed by atoms with van der Waals surface area (Å²) < 4.78 is 5.53. The molecular formula is C20H17ClN2O2. The molecule has 0 aliphatic heterocycles. The summed E-state index contributed by atoms with van der Waals surface area (Å²) in [5, 5.41) is 6.93. The van der Waals surface area contributed by atoms with Gasteiger partial charge in [-0.25, -0.2) is 5.43 Å². The third-order valence-corrected chi connectivity index (χ3v) is 3.95. The number of fused-ring (bicyclic) bond motifs is 1. The van der Waals surface area contributed by atoms with E-state index in [1.807, 2.05) is 61.5 Å². The van der Waals surface area contributed by atoms with Crippen molar-refractivity contribution in [3.05, 3.63) is 77.3 Å². The summed E-state index contributed by atoms with van der Waals surface area (Å²) >= 11 is 5.85. The lowest BCUT2D eigenvalue weighted by Crippen LogP contribution is -2.25. The first kappa shape index (κ1) is 17.0. The lowest BCUT2D eigenvalue weighted by molar-refractivity contribution is -0.123. The second-order valence-corrected chi connectivity index (χ2v) is 5.97. The molecule has 25 heavy (non-hydrogen) atoms. The van der Waals surface area contributed by atoms with Crippen LogP contribution >= 0.6 is 11.6 Å². The van der Waals surface area contributed by atoms with Crippen molar-refractivity contribution in [2.75, 3.05) is 6.61 Å². The van der Waals surface area contributed by atoms with E-state index < -0.39 is 0 Å². The molecule has 5 heteroatoms. The van der Waals surface area contributed by atoms with E-state index in [2.05, 4.69) is 10.5 Å². The number of hydrazone groups is 1. The van der Waals surface area contributed by atoms with Crippen LogP contribution in [-0.2, 0) is 4.79 Å². The molecule has 0 atom stereocenters. The van der Waals surface area contributed by atoms with Gasteiger partial charge in [0.25, 0.3) is 5.91 Å². The molecule has 0 radical (unpaired) electrons. The Hall–Kier alpha value is -2.85. The van der Waals surface area contributed by atoms with Gasteiger partial charge >= 0.3 is 0 Å². The van der Waals surface area contributed by atoms with Gasteiger partial charge < -0.3 is 4.74 Å². The molecule has 0 saturated heterocycles. The van der Waals surface area contributed by atoms with Crippen molar-refractivity contribution in [3.63, 3.8) is 0 Å². The van der Waals surface area contributed by atoms with Crippen molar-refractivity contribution in [2.24, 2.45) is 5.10 Å². The number of halogens is 1. The summed E-state index contributed by atoms with van der Waals surface area (Å²) in [5.74, 6) is 0.328. The highest BCUT2D eigenvalue weighted by atomic mass is 35.5. The molecule has 0 bridgehead atoms. The first-order valence-electron chi connectivity index (χ1n) is 7.82. The molecule has 0 fully saturated rings. The molecule has 0 heterocycles. The van der Waals surface area contributed by atoms with Gasteiger partial charge in [-0.1, -0.05) is 54.1 Å². The van der Waals surface area contributed by atoms with Crippen LogP contribution in [0.25, 0.3) is 10.8 Å². The van der Waals surface area contributed by atoms with Crippen LogP contribution in [0.1, 0.15) is 12.5 Å². The highest BCUT2D eigenvalue weighted by molar-refractivity contribution is 6.30. The molecule has 3 rings (SSSR count). The summed E-state index contributed by atoms with van der Waals surface area (Å²) in [6.45, 7) is 1.71. The van der Waals surface area contributed by atoms with Crippen LogP contribution in [0.15, 0.2) is 71.8 Å². The first-order chi connectivity index (χ1) is 12.1. The Bertz CT molecular complexity index is 920. The van der Waals surface area contributed by atoms with Gasteiger partial charge in [-0.2, -0.15) is 5.10 Å². The monoisotopic (exact) mass is 352 g/mol. The van der Waals surface area contributed by atoms with Crippen LogP contribution in [0.5, 0.6) is 5.75 Å². The number of carbonyl (C=O) groups is 1. The zero-order valence-corrected chi connectivity index (χ0v) is 14.5. The molecule has 0 aliphatic rings. The van der Waals surface area contributed by atoms with Gasteiger partial charge in [0.15, 0.2) is 6.61 Å². The number of benzene rings is 3. The highest BCUT2D eigenvalue weighted by Gasteiger charge is 2.04. The van der Waals surface area contributed by atoms with Gasteiger partial charge in [-0.05, 0) is 47.5 Å². The molecule has 0 aliphatic carbocycles. The van der Waals surface area contributed by atoms with Crippen molar-refractivity contribution in [2.45, 2.75) is 6.92 Å². The molecule has 4 nitrogen and oxygen atoms in total. The van der Waals surface area contributed by atoms with Crippen molar-refractivity contribution >= 4 is 34.0 Å². The number of amides is 1. The lowest BCUT2D eigenvalue weighted by atomic mass is 10.1. The lowest BCUT2D eigenvalue weighted by Gasteiger charge is -2.07. The van der Waals surface area contributed by atoms with Crippen LogP contribution in [0.3, 0.4) is 0 Å². The van der Waals surface area contributed by atoms with Gasteiger partial charge in [-0.15, -0.1) is 0 Å². The molecule has 3 aromatic rings. The molecule has 126 valence electrons. The molecule has 1 amide bonds. The highest BCUT2D eigenvalue weighted by Crippen LogP contribution is 2.20. The number of nitrogens with one attached hydrogen (secondary N) is 1. The second kappa shape index (κ2) is 7.81. The van der Waals surface area contributed by atoms with E-state index in [0.29, 0.717) is 16.5 Å². The molecule has 3 aromatic carbocycles. The van der Waals surface area contributed by atoms with Gasteiger partial charge in [-0.3, -0.25) is 4.79 Å². The fraction of sp³-hybridized carbons (Fsp3) is 0.100. The summed E-state index contributed by atoms with van der Waals surface area (Å²) in [5.41, 5.74) is 4.07. The summed E-state index contributed by atoms with van der Waals surface area (Å²) in [6.07, 6.45) is 0. The predicted octanol–water partition coefficient (Wildman–Crippen LogP) is 4.41. The number of hydrogen-bond donors (Lipinski definition) is 1. The number of nitrogens with zero attached hydrogens (tertiary/aromatic N) is 1. The Balaban J connectivity index is 1.56. The van der Waals surface area contributed by atoms with Crippen LogP contribution < -0.4 is 10.2 Å². The molecule has 0 saturated carbocycles. The zero-order chi connectivity index (χ0) is 17.6. The Labute approximate surface area is 151 Å². The quantitative estimate of drug-likeness (QED) is 0.546. The average molecular weight is 353 g/mol. The van der Waals surface area contributed by atoms with Crippen LogP contribution in [0, 0.1) is 0 Å². The predicted molar refractivity (Wildman–Crippen MR) is 101 cm³/mol.